The minimum Gasteiger partial charge on any atom is -0.379 e. The Labute approximate surface area is 155 Å². The molecule has 0 aromatic rings. The molecule has 152 valence electrons. The quantitative estimate of drug-likeness (QED) is 0.216. The van der Waals surface area contributed by atoms with Crippen molar-refractivity contribution in [2.75, 3.05) is 13.2 Å². The number of rotatable bonds is 9. The third-order valence-electron chi connectivity index (χ3n) is 3.42. The first-order chi connectivity index (χ1) is 11.9. The number of ether oxygens (including phenoxy) is 3. The Morgan fingerprint density at radius 3 is 2.42 bits per heavy atom. The van der Waals surface area contributed by atoms with Crippen molar-refractivity contribution in [3.05, 3.63) is 0 Å². The van der Waals surface area contributed by atoms with Gasteiger partial charge in [0.05, 0.1) is 12.7 Å². The smallest absolute Gasteiger partial charge is 0.379 e. The van der Waals surface area contributed by atoms with Crippen LogP contribution in [0.4, 0.5) is 0 Å². The summed E-state index contributed by atoms with van der Waals surface area (Å²) >= 11 is 3.01. The van der Waals surface area contributed by atoms with Crippen LogP contribution >= 0.6 is 34.7 Å². The van der Waals surface area contributed by atoms with Gasteiger partial charge >= 0.3 is 22.4 Å². The minimum atomic E-state index is -5.37. The molecule has 0 bridgehead atoms. The number of hydrogen-bond donors (Lipinski definition) is 4. The van der Waals surface area contributed by atoms with Gasteiger partial charge < -0.3 is 28.9 Å². The molecular formula is C9H20BO12P3S. The van der Waals surface area contributed by atoms with Crippen molar-refractivity contribution in [3.8, 4) is 0 Å². The van der Waals surface area contributed by atoms with Crippen LogP contribution in [0.15, 0.2) is 0 Å². The van der Waals surface area contributed by atoms with Crippen LogP contribution in [-0.2, 0) is 41.1 Å². The van der Waals surface area contributed by atoms with Crippen LogP contribution in [0.25, 0.3) is 0 Å². The molecule has 0 aliphatic carbocycles. The Morgan fingerprint density at radius 1 is 1.15 bits per heavy atom. The SMILES string of the molecule is BC1CC(OC2CCCO2)C(COP(=O)(O)OP(=O)(O)OP(=O)(O)S)O1. The summed E-state index contributed by atoms with van der Waals surface area (Å²) in [6, 6.07) is -0.203. The van der Waals surface area contributed by atoms with E-state index in [1.54, 1.807) is 7.85 Å². The summed E-state index contributed by atoms with van der Waals surface area (Å²) in [4.78, 5) is 27.5. The van der Waals surface area contributed by atoms with Gasteiger partial charge in [-0.15, -0.1) is 0 Å². The molecule has 2 fully saturated rings. The molecule has 7 atom stereocenters. The van der Waals surface area contributed by atoms with Crippen molar-refractivity contribution in [1.82, 2.24) is 0 Å². The highest BCUT2D eigenvalue weighted by Crippen LogP contribution is 2.68. The lowest BCUT2D eigenvalue weighted by Crippen LogP contribution is -2.32. The Morgan fingerprint density at radius 2 is 1.85 bits per heavy atom. The molecule has 26 heavy (non-hydrogen) atoms. The van der Waals surface area contributed by atoms with Gasteiger partial charge in [0.15, 0.2) is 6.29 Å². The van der Waals surface area contributed by atoms with Gasteiger partial charge in [0, 0.05) is 19.0 Å². The van der Waals surface area contributed by atoms with Crippen LogP contribution in [0.5, 0.6) is 0 Å². The van der Waals surface area contributed by atoms with Crippen LogP contribution in [0, 0.1) is 0 Å². The summed E-state index contributed by atoms with van der Waals surface area (Å²) in [5.74, 6) is 0. The van der Waals surface area contributed by atoms with Gasteiger partial charge in [0.2, 0.25) is 0 Å². The summed E-state index contributed by atoms with van der Waals surface area (Å²) in [5.41, 5.74) is 0. The number of phosphoric ester groups is 1. The largest absolute Gasteiger partial charge is 0.488 e. The van der Waals surface area contributed by atoms with Crippen molar-refractivity contribution >= 4 is 42.5 Å². The number of phosphoric acid groups is 2. The van der Waals surface area contributed by atoms with Crippen LogP contribution in [0.1, 0.15) is 19.3 Å². The van der Waals surface area contributed by atoms with E-state index in [2.05, 4.69) is 25.4 Å². The summed E-state index contributed by atoms with van der Waals surface area (Å²) in [6.07, 6.45) is 0.468. The van der Waals surface area contributed by atoms with Gasteiger partial charge in [0.25, 0.3) is 0 Å². The average Bonchev–Trinajstić information content (AvgIpc) is 3.02. The lowest BCUT2D eigenvalue weighted by Gasteiger charge is -2.23. The molecule has 0 amide bonds. The van der Waals surface area contributed by atoms with Gasteiger partial charge in [-0.3, -0.25) is 4.52 Å². The summed E-state index contributed by atoms with van der Waals surface area (Å²) in [5, 5.41) is 0. The molecule has 12 nitrogen and oxygen atoms in total. The van der Waals surface area contributed by atoms with E-state index in [4.69, 9.17) is 19.1 Å². The van der Waals surface area contributed by atoms with Gasteiger partial charge in [0.1, 0.15) is 14.0 Å². The highest BCUT2D eigenvalue weighted by Gasteiger charge is 2.42. The van der Waals surface area contributed by atoms with Crippen LogP contribution in [-0.4, -0.2) is 60.2 Å². The minimum absolute atomic E-state index is 0.203. The molecule has 17 heteroatoms. The molecule has 2 heterocycles. The lowest BCUT2D eigenvalue weighted by atomic mass is 9.96. The highest BCUT2D eigenvalue weighted by atomic mass is 32.7. The standard InChI is InChI=1S/C9H20BO12P3S/c10-8-4-6(20-9-2-1-3-17-9)7(19-8)5-18-23(11,12)21-24(13,14)22-25(15,16)26/h6-9H,1-5,10H2,(H,11,12)(H,13,14)(H2,15,16,26). The molecule has 0 aromatic carbocycles. The second-order valence-corrected chi connectivity index (χ2v) is 11.7. The highest BCUT2D eigenvalue weighted by molar-refractivity contribution is 8.44. The molecule has 0 aromatic heterocycles. The van der Waals surface area contributed by atoms with Crippen LogP contribution in [0.2, 0.25) is 0 Å². The molecule has 2 rings (SSSR count). The average molecular weight is 456 g/mol. The third kappa shape index (κ3) is 8.01. The molecule has 3 N–H and O–H groups in total. The molecule has 7 unspecified atom stereocenters. The predicted molar refractivity (Wildman–Crippen MR) is 92.3 cm³/mol. The Hall–Kier alpha value is 0.745. The van der Waals surface area contributed by atoms with E-state index >= 15 is 0 Å². The zero-order valence-electron chi connectivity index (χ0n) is 13.6. The summed E-state index contributed by atoms with van der Waals surface area (Å²) in [7, 11) is -8.69. The third-order valence-corrected chi connectivity index (χ3v) is 7.88. The zero-order chi connectivity index (χ0) is 19.6. The molecule has 0 radical (unpaired) electrons. The topological polar surface area (TPSA) is 167 Å². The fraction of sp³-hybridized carbons (Fsp3) is 1.00. The Balaban J connectivity index is 1.89. The fourth-order valence-corrected chi connectivity index (χ4v) is 6.39. The van der Waals surface area contributed by atoms with E-state index in [-0.39, 0.29) is 6.00 Å². The summed E-state index contributed by atoms with van der Waals surface area (Å²) < 4.78 is 63.0. The zero-order valence-corrected chi connectivity index (χ0v) is 17.2. The maximum atomic E-state index is 11.8. The molecule has 0 saturated carbocycles. The van der Waals surface area contributed by atoms with Crippen LogP contribution < -0.4 is 0 Å². The molecule has 0 spiro atoms. The maximum absolute atomic E-state index is 11.8. The monoisotopic (exact) mass is 456 g/mol. The summed E-state index contributed by atoms with van der Waals surface area (Å²) in [6.45, 7) is -4.65. The first-order valence-electron chi connectivity index (χ1n) is 7.56. The second-order valence-electron chi connectivity index (χ2n) is 5.72. The first kappa shape index (κ1) is 23.0. The van der Waals surface area contributed by atoms with Crippen molar-refractivity contribution in [2.45, 2.75) is 43.8 Å². The van der Waals surface area contributed by atoms with Crippen molar-refractivity contribution in [3.63, 3.8) is 0 Å². The fourth-order valence-electron chi connectivity index (χ4n) is 2.53. The predicted octanol–water partition coefficient (Wildman–Crippen LogP) is 0.537. The number of thiol groups is 1. The van der Waals surface area contributed by atoms with E-state index in [0.29, 0.717) is 13.0 Å². The Bertz CT molecular complexity index is 623. The van der Waals surface area contributed by atoms with E-state index in [9.17, 15) is 23.5 Å². The van der Waals surface area contributed by atoms with E-state index in [0.717, 1.165) is 12.8 Å². The van der Waals surface area contributed by atoms with Crippen molar-refractivity contribution in [1.29, 1.82) is 0 Å². The number of hydrogen-bond acceptors (Lipinski definition) is 9. The van der Waals surface area contributed by atoms with Gasteiger partial charge in [-0.05, 0) is 12.8 Å². The normalized spacial score (nSPS) is 36.3. The van der Waals surface area contributed by atoms with Gasteiger partial charge in [-0.1, -0.05) is 12.2 Å². The van der Waals surface area contributed by atoms with Gasteiger partial charge in [-0.2, -0.15) is 8.62 Å². The molecule has 2 saturated heterocycles. The Kier molecular flexibility index (Phi) is 8.01. The lowest BCUT2D eigenvalue weighted by molar-refractivity contribution is -0.160. The van der Waals surface area contributed by atoms with E-state index in [1.807, 2.05) is 0 Å². The first-order valence-corrected chi connectivity index (χ1v) is 13.3. The van der Waals surface area contributed by atoms with Crippen molar-refractivity contribution in [2.24, 2.45) is 0 Å². The molecule has 2 aliphatic heterocycles. The molecule has 2 aliphatic rings. The van der Waals surface area contributed by atoms with E-state index in [1.165, 1.54) is 0 Å². The van der Waals surface area contributed by atoms with E-state index < -0.39 is 47.5 Å². The van der Waals surface area contributed by atoms with Gasteiger partial charge in [-0.25, -0.2) is 13.7 Å². The second kappa shape index (κ2) is 9.05. The van der Waals surface area contributed by atoms with Crippen molar-refractivity contribution < 1.29 is 55.7 Å². The van der Waals surface area contributed by atoms with Crippen LogP contribution in [0.3, 0.4) is 0 Å². The molecular weight excluding hydrogens is 436 g/mol. The maximum Gasteiger partial charge on any atom is 0.488 e.